The molecule has 0 unspecified atom stereocenters. The van der Waals surface area contributed by atoms with Crippen molar-refractivity contribution in [1.82, 2.24) is 0 Å². The van der Waals surface area contributed by atoms with Crippen LogP contribution in [0.1, 0.15) is 17.5 Å². The molecule has 0 amide bonds. The predicted molar refractivity (Wildman–Crippen MR) is 92.4 cm³/mol. The number of hydrogen-bond donors (Lipinski definition) is 1. The van der Waals surface area contributed by atoms with Crippen molar-refractivity contribution >= 4 is 6.29 Å². The van der Waals surface area contributed by atoms with Crippen LogP contribution in [-0.4, -0.2) is 30.7 Å². The Balaban J connectivity index is 1.63. The van der Waals surface area contributed by atoms with Gasteiger partial charge in [-0.1, -0.05) is 60.7 Å². The highest BCUT2D eigenvalue weighted by molar-refractivity contribution is 5.54. The SMILES string of the molecule is O=C[C@H](CCOCc1ccccc1)[C@@H](O)COCc1ccccc1. The van der Waals surface area contributed by atoms with Gasteiger partial charge in [0.2, 0.25) is 0 Å². The van der Waals surface area contributed by atoms with Gasteiger partial charge in [0.15, 0.2) is 0 Å². The Morgan fingerprint density at radius 1 is 0.875 bits per heavy atom. The van der Waals surface area contributed by atoms with Crippen LogP contribution in [0.2, 0.25) is 0 Å². The summed E-state index contributed by atoms with van der Waals surface area (Å²) < 4.78 is 11.1. The van der Waals surface area contributed by atoms with Crippen molar-refractivity contribution in [1.29, 1.82) is 0 Å². The minimum Gasteiger partial charge on any atom is -0.390 e. The normalized spacial score (nSPS) is 13.4. The summed E-state index contributed by atoms with van der Waals surface area (Å²) in [4.78, 5) is 11.2. The first-order valence-corrected chi connectivity index (χ1v) is 8.16. The molecule has 4 nitrogen and oxygen atoms in total. The van der Waals surface area contributed by atoms with E-state index in [-0.39, 0.29) is 6.61 Å². The van der Waals surface area contributed by atoms with Crippen LogP contribution in [0.25, 0.3) is 0 Å². The number of carbonyl (C=O) groups excluding carboxylic acids is 1. The van der Waals surface area contributed by atoms with Crippen molar-refractivity contribution in [2.75, 3.05) is 13.2 Å². The molecule has 128 valence electrons. The van der Waals surface area contributed by atoms with E-state index in [1.54, 1.807) is 0 Å². The zero-order chi connectivity index (χ0) is 17.0. The molecule has 2 atom stereocenters. The van der Waals surface area contributed by atoms with Crippen LogP contribution in [0.4, 0.5) is 0 Å². The van der Waals surface area contributed by atoms with Crippen molar-refractivity contribution in [3.63, 3.8) is 0 Å². The zero-order valence-electron chi connectivity index (χ0n) is 13.7. The van der Waals surface area contributed by atoms with E-state index >= 15 is 0 Å². The maximum Gasteiger partial charge on any atom is 0.125 e. The van der Waals surface area contributed by atoms with E-state index in [9.17, 15) is 9.90 Å². The topological polar surface area (TPSA) is 55.8 Å². The van der Waals surface area contributed by atoms with E-state index in [1.165, 1.54) is 0 Å². The average molecular weight is 328 g/mol. The number of rotatable bonds is 11. The standard InChI is InChI=1S/C20H24O4/c21-13-19(11-12-23-14-17-7-3-1-4-8-17)20(22)16-24-15-18-9-5-2-6-10-18/h1-10,13,19-20,22H,11-12,14-16H2/t19-,20-/m0/s1. The Kier molecular flexibility index (Phi) is 8.18. The molecule has 0 saturated carbocycles. The van der Waals surface area contributed by atoms with Gasteiger partial charge in [-0.25, -0.2) is 0 Å². The third kappa shape index (κ3) is 6.62. The molecule has 0 saturated heterocycles. The molecular formula is C20H24O4. The maximum absolute atomic E-state index is 11.2. The Morgan fingerprint density at radius 2 is 1.42 bits per heavy atom. The third-order valence-corrected chi connectivity index (χ3v) is 3.78. The quantitative estimate of drug-likeness (QED) is 0.509. The second kappa shape index (κ2) is 10.7. The van der Waals surface area contributed by atoms with Crippen molar-refractivity contribution in [2.45, 2.75) is 25.7 Å². The summed E-state index contributed by atoms with van der Waals surface area (Å²) in [5.74, 6) is -0.475. The first kappa shape index (κ1) is 18.3. The fraction of sp³-hybridized carbons (Fsp3) is 0.350. The Labute approximate surface area is 143 Å². The van der Waals surface area contributed by atoms with E-state index < -0.39 is 12.0 Å². The van der Waals surface area contributed by atoms with Gasteiger partial charge in [-0.15, -0.1) is 0 Å². The Hall–Kier alpha value is -2.01. The largest absolute Gasteiger partial charge is 0.390 e. The van der Waals surface area contributed by atoms with Crippen LogP contribution in [-0.2, 0) is 27.5 Å². The van der Waals surface area contributed by atoms with Crippen molar-refractivity contribution in [2.24, 2.45) is 5.92 Å². The van der Waals surface area contributed by atoms with E-state index in [0.717, 1.165) is 17.4 Å². The van der Waals surface area contributed by atoms with Gasteiger partial charge in [0.05, 0.1) is 25.9 Å². The number of carbonyl (C=O) groups is 1. The van der Waals surface area contributed by atoms with Gasteiger partial charge in [-0.2, -0.15) is 0 Å². The van der Waals surface area contributed by atoms with Crippen LogP contribution in [0, 0.1) is 5.92 Å². The maximum atomic E-state index is 11.2. The molecule has 0 bridgehead atoms. The number of aliphatic hydroxyl groups is 1. The molecule has 0 radical (unpaired) electrons. The summed E-state index contributed by atoms with van der Waals surface area (Å²) in [5.41, 5.74) is 2.13. The molecule has 4 heteroatoms. The van der Waals surface area contributed by atoms with Gasteiger partial charge in [0, 0.05) is 12.5 Å². The fourth-order valence-electron chi connectivity index (χ4n) is 2.33. The molecule has 0 aliphatic rings. The van der Waals surface area contributed by atoms with Gasteiger partial charge >= 0.3 is 0 Å². The lowest BCUT2D eigenvalue weighted by Crippen LogP contribution is -2.28. The van der Waals surface area contributed by atoms with Gasteiger partial charge in [0.25, 0.3) is 0 Å². The molecule has 0 aromatic heterocycles. The van der Waals surface area contributed by atoms with Gasteiger partial charge in [-0.3, -0.25) is 0 Å². The van der Waals surface area contributed by atoms with Crippen LogP contribution in [0.5, 0.6) is 0 Å². The second-order valence-electron chi connectivity index (χ2n) is 5.69. The summed E-state index contributed by atoms with van der Waals surface area (Å²) >= 11 is 0. The zero-order valence-corrected chi connectivity index (χ0v) is 13.7. The smallest absolute Gasteiger partial charge is 0.125 e. The van der Waals surface area contributed by atoms with Crippen LogP contribution >= 0.6 is 0 Å². The first-order chi connectivity index (χ1) is 11.8. The Bertz CT molecular complexity index is 571. The van der Waals surface area contributed by atoms with E-state index in [4.69, 9.17) is 9.47 Å². The summed E-state index contributed by atoms with van der Waals surface area (Å²) in [7, 11) is 0. The molecule has 0 fully saturated rings. The number of ether oxygens (including phenoxy) is 2. The summed E-state index contributed by atoms with van der Waals surface area (Å²) in [6.07, 6.45) is 0.445. The minimum atomic E-state index is -0.813. The van der Waals surface area contributed by atoms with Crippen LogP contribution < -0.4 is 0 Å². The van der Waals surface area contributed by atoms with E-state index in [2.05, 4.69) is 0 Å². The molecule has 1 N–H and O–H groups in total. The summed E-state index contributed by atoms with van der Waals surface area (Å²) in [6, 6.07) is 19.6. The van der Waals surface area contributed by atoms with Crippen LogP contribution in [0.3, 0.4) is 0 Å². The van der Waals surface area contributed by atoms with E-state index in [1.807, 2.05) is 60.7 Å². The lowest BCUT2D eigenvalue weighted by molar-refractivity contribution is -0.117. The van der Waals surface area contributed by atoms with Gasteiger partial charge in [-0.05, 0) is 17.5 Å². The molecule has 0 spiro atoms. The van der Waals surface area contributed by atoms with Crippen molar-refractivity contribution in [3.8, 4) is 0 Å². The average Bonchev–Trinajstić information content (AvgIpc) is 2.63. The predicted octanol–water partition coefficient (Wildman–Crippen LogP) is 2.99. The molecule has 0 aliphatic heterocycles. The number of benzene rings is 2. The van der Waals surface area contributed by atoms with Crippen molar-refractivity contribution in [3.05, 3.63) is 71.8 Å². The van der Waals surface area contributed by atoms with Gasteiger partial charge in [0.1, 0.15) is 6.29 Å². The highest BCUT2D eigenvalue weighted by Gasteiger charge is 2.18. The Morgan fingerprint density at radius 3 is 1.96 bits per heavy atom. The molecule has 2 aromatic carbocycles. The molecular weight excluding hydrogens is 304 g/mol. The van der Waals surface area contributed by atoms with Gasteiger partial charge < -0.3 is 19.4 Å². The molecule has 2 aromatic rings. The molecule has 0 aliphatic carbocycles. The van der Waals surface area contributed by atoms with Crippen LogP contribution in [0.15, 0.2) is 60.7 Å². The highest BCUT2D eigenvalue weighted by Crippen LogP contribution is 2.10. The monoisotopic (exact) mass is 328 g/mol. The van der Waals surface area contributed by atoms with Crippen molar-refractivity contribution < 1.29 is 19.4 Å². The number of aldehydes is 1. The first-order valence-electron chi connectivity index (χ1n) is 8.16. The number of hydrogen-bond acceptors (Lipinski definition) is 4. The second-order valence-corrected chi connectivity index (χ2v) is 5.69. The highest BCUT2D eigenvalue weighted by atomic mass is 16.5. The molecule has 2 rings (SSSR count). The lowest BCUT2D eigenvalue weighted by Gasteiger charge is -2.18. The summed E-state index contributed by atoms with van der Waals surface area (Å²) in [5, 5.41) is 10.1. The lowest BCUT2D eigenvalue weighted by atomic mass is 10.0. The van der Waals surface area contributed by atoms with E-state index in [0.29, 0.717) is 26.2 Å². The minimum absolute atomic E-state index is 0.136. The molecule has 24 heavy (non-hydrogen) atoms. The molecule has 0 heterocycles. The summed E-state index contributed by atoms with van der Waals surface area (Å²) in [6.45, 7) is 1.49. The fourth-order valence-corrected chi connectivity index (χ4v) is 2.33. The number of aliphatic hydroxyl groups excluding tert-OH is 1. The third-order valence-electron chi connectivity index (χ3n) is 3.78.